The minimum atomic E-state index is -4.41. The molecule has 0 radical (unpaired) electrons. The molecule has 5 nitrogen and oxygen atoms in total. The van der Waals surface area contributed by atoms with E-state index in [-0.39, 0.29) is 24.0 Å². The lowest BCUT2D eigenvalue weighted by Gasteiger charge is -2.32. The fourth-order valence-electron chi connectivity index (χ4n) is 3.83. The van der Waals surface area contributed by atoms with Gasteiger partial charge >= 0.3 is 12.2 Å². The number of benzene rings is 1. The number of hydrogen-bond donors (Lipinski definition) is 1. The summed E-state index contributed by atoms with van der Waals surface area (Å²) in [6, 6.07) is 4.55. The van der Waals surface area contributed by atoms with Gasteiger partial charge in [-0.05, 0) is 49.8 Å². The molecule has 0 unspecified atom stereocenters. The van der Waals surface area contributed by atoms with Crippen molar-refractivity contribution in [2.24, 2.45) is 5.92 Å². The van der Waals surface area contributed by atoms with Crippen LogP contribution < -0.4 is 5.32 Å². The summed E-state index contributed by atoms with van der Waals surface area (Å²) in [6.45, 7) is 2.96. The number of alkyl halides is 3. The Morgan fingerprint density at radius 3 is 2.43 bits per heavy atom. The average Bonchev–Trinajstić information content (AvgIpc) is 3.26. The molecule has 3 rings (SSSR count). The minimum Gasteiger partial charge on any atom is -0.343 e. The molecule has 2 fully saturated rings. The minimum absolute atomic E-state index is 0.0580. The summed E-state index contributed by atoms with van der Waals surface area (Å²) in [6.07, 6.45) is -0.0944. The van der Waals surface area contributed by atoms with Crippen molar-refractivity contribution >= 4 is 11.9 Å². The molecule has 1 N–H and O–H groups in total. The number of likely N-dealkylation sites (tertiary alicyclic amines) is 2. The van der Waals surface area contributed by atoms with Gasteiger partial charge in [-0.25, -0.2) is 4.79 Å². The molecule has 30 heavy (non-hydrogen) atoms. The van der Waals surface area contributed by atoms with Crippen molar-refractivity contribution in [1.82, 2.24) is 15.1 Å². The Morgan fingerprint density at radius 1 is 1.07 bits per heavy atom. The number of hydrogen-bond acceptors (Lipinski definition) is 2. The Balaban J connectivity index is 1.39. The average molecular weight is 421 g/mol. The number of nitrogens with one attached hydrogen (secondary N) is 1. The first-order chi connectivity index (χ1) is 14.3. The van der Waals surface area contributed by atoms with Crippen LogP contribution in [-0.2, 0) is 11.0 Å². The number of nitrogens with zero attached hydrogens (tertiary/aromatic N) is 2. The standard InChI is InChI=1S/C22H26F3N3O2/c23-22(24,25)19-7-3-5-17(15-19)6-4-10-26-21(30)28-13-8-18(9-14-28)16-20(29)27-11-1-2-12-27/h3,5,7,15,18H,1-2,8-14,16H2,(H,26,30). The first kappa shape index (κ1) is 22.0. The molecular weight excluding hydrogens is 395 g/mol. The maximum Gasteiger partial charge on any atom is 0.416 e. The third-order valence-electron chi connectivity index (χ3n) is 5.57. The van der Waals surface area contributed by atoms with Crippen molar-refractivity contribution in [3.8, 4) is 11.8 Å². The Hall–Kier alpha value is -2.69. The van der Waals surface area contributed by atoms with E-state index in [1.807, 2.05) is 4.90 Å². The van der Waals surface area contributed by atoms with Crippen LogP contribution in [-0.4, -0.2) is 54.5 Å². The Labute approximate surface area is 174 Å². The normalized spacial score (nSPS) is 17.4. The number of piperidine rings is 1. The summed E-state index contributed by atoms with van der Waals surface area (Å²) >= 11 is 0. The Morgan fingerprint density at radius 2 is 1.77 bits per heavy atom. The van der Waals surface area contributed by atoms with Crippen LogP contribution in [0.4, 0.5) is 18.0 Å². The predicted octanol–water partition coefficient (Wildman–Crippen LogP) is 3.49. The molecule has 0 aliphatic carbocycles. The molecular formula is C22H26F3N3O2. The second kappa shape index (κ2) is 9.88. The number of rotatable bonds is 3. The Bertz CT molecular complexity index is 815. The third-order valence-corrected chi connectivity index (χ3v) is 5.57. The van der Waals surface area contributed by atoms with Gasteiger partial charge in [-0.3, -0.25) is 4.79 Å². The number of amides is 3. The number of carbonyl (C=O) groups is 2. The van der Waals surface area contributed by atoms with Crippen LogP contribution in [0.15, 0.2) is 24.3 Å². The first-order valence-corrected chi connectivity index (χ1v) is 10.3. The molecule has 2 saturated heterocycles. The van der Waals surface area contributed by atoms with E-state index in [0.29, 0.717) is 25.4 Å². The van der Waals surface area contributed by atoms with Gasteiger partial charge in [-0.1, -0.05) is 17.9 Å². The quantitative estimate of drug-likeness (QED) is 0.760. The molecule has 1 aromatic rings. The highest BCUT2D eigenvalue weighted by molar-refractivity contribution is 5.77. The maximum atomic E-state index is 12.7. The van der Waals surface area contributed by atoms with Gasteiger partial charge in [0, 0.05) is 38.2 Å². The van der Waals surface area contributed by atoms with Gasteiger partial charge < -0.3 is 15.1 Å². The molecule has 3 amide bonds. The molecule has 2 aliphatic rings. The van der Waals surface area contributed by atoms with E-state index in [1.54, 1.807) is 4.90 Å². The summed E-state index contributed by atoms with van der Waals surface area (Å²) in [5.41, 5.74) is -0.494. The highest BCUT2D eigenvalue weighted by atomic mass is 19.4. The van der Waals surface area contributed by atoms with E-state index in [2.05, 4.69) is 17.2 Å². The number of urea groups is 1. The Kier molecular flexibility index (Phi) is 7.24. The molecule has 1 aromatic carbocycles. The lowest BCUT2D eigenvalue weighted by atomic mass is 9.93. The van der Waals surface area contributed by atoms with E-state index in [1.165, 1.54) is 12.1 Å². The molecule has 2 heterocycles. The second-order valence-electron chi connectivity index (χ2n) is 7.76. The van der Waals surface area contributed by atoms with Crippen molar-refractivity contribution in [3.05, 3.63) is 35.4 Å². The maximum absolute atomic E-state index is 12.7. The van der Waals surface area contributed by atoms with Crippen LogP contribution in [0.3, 0.4) is 0 Å². The fourth-order valence-corrected chi connectivity index (χ4v) is 3.83. The zero-order valence-corrected chi connectivity index (χ0v) is 16.8. The fraction of sp³-hybridized carbons (Fsp3) is 0.545. The van der Waals surface area contributed by atoms with Gasteiger partial charge in [-0.15, -0.1) is 0 Å². The zero-order chi connectivity index (χ0) is 21.6. The van der Waals surface area contributed by atoms with Crippen molar-refractivity contribution in [1.29, 1.82) is 0 Å². The van der Waals surface area contributed by atoms with Crippen LogP contribution in [0, 0.1) is 17.8 Å². The molecule has 8 heteroatoms. The van der Waals surface area contributed by atoms with Crippen molar-refractivity contribution in [3.63, 3.8) is 0 Å². The number of carbonyl (C=O) groups excluding carboxylic acids is 2. The van der Waals surface area contributed by atoms with E-state index in [0.717, 1.165) is 50.9 Å². The highest BCUT2D eigenvalue weighted by Gasteiger charge is 2.30. The van der Waals surface area contributed by atoms with E-state index < -0.39 is 11.7 Å². The zero-order valence-electron chi connectivity index (χ0n) is 16.8. The monoisotopic (exact) mass is 421 g/mol. The van der Waals surface area contributed by atoms with Crippen LogP contribution >= 0.6 is 0 Å². The third kappa shape index (κ3) is 6.15. The van der Waals surface area contributed by atoms with Crippen molar-refractivity contribution < 1.29 is 22.8 Å². The highest BCUT2D eigenvalue weighted by Crippen LogP contribution is 2.29. The van der Waals surface area contributed by atoms with Crippen LogP contribution in [0.1, 0.15) is 43.2 Å². The SMILES string of the molecule is O=C(CC1CCN(C(=O)NCC#Cc2cccc(C(F)(F)F)c2)CC1)N1CCCC1. The molecule has 0 atom stereocenters. The van der Waals surface area contributed by atoms with E-state index >= 15 is 0 Å². The van der Waals surface area contributed by atoms with Gasteiger partial charge in [0.2, 0.25) is 5.91 Å². The van der Waals surface area contributed by atoms with Gasteiger partial charge in [0.05, 0.1) is 12.1 Å². The lowest BCUT2D eigenvalue weighted by molar-refractivity contribution is -0.137. The molecule has 0 saturated carbocycles. The van der Waals surface area contributed by atoms with Crippen LogP contribution in [0.25, 0.3) is 0 Å². The second-order valence-corrected chi connectivity index (χ2v) is 7.76. The number of halogens is 3. The van der Waals surface area contributed by atoms with E-state index in [4.69, 9.17) is 0 Å². The molecule has 0 spiro atoms. The molecule has 0 bridgehead atoms. The van der Waals surface area contributed by atoms with Gasteiger partial charge in [0.25, 0.3) is 0 Å². The lowest BCUT2D eigenvalue weighted by Crippen LogP contribution is -2.45. The van der Waals surface area contributed by atoms with E-state index in [9.17, 15) is 22.8 Å². The first-order valence-electron chi connectivity index (χ1n) is 10.3. The molecule has 162 valence electrons. The van der Waals surface area contributed by atoms with Crippen molar-refractivity contribution in [2.45, 2.75) is 38.3 Å². The van der Waals surface area contributed by atoms with Crippen LogP contribution in [0.2, 0.25) is 0 Å². The summed E-state index contributed by atoms with van der Waals surface area (Å²) in [5, 5.41) is 2.68. The largest absolute Gasteiger partial charge is 0.416 e. The summed E-state index contributed by atoms with van der Waals surface area (Å²) in [5.74, 6) is 5.87. The van der Waals surface area contributed by atoms with Gasteiger partial charge in [0.15, 0.2) is 0 Å². The van der Waals surface area contributed by atoms with Gasteiger partial charge in [0.1, 0.15) is 0 Å². The van der Waals surface area contributed by atoms with Crippen LogP contribution in [0.5, 0.6) is 0 Å². The smallest absolute Gasteiger partial charge is 0.343 e. The summed E-state index contributed by atoms with van der Waals surface area (Å²) < 4.78 is 38.1. The molecule has 2 aliphatic heterocycles. The molecule has 0 aromatic heterocycles. The van der Waals surface area contributed by atoms with Gasteiger partial charge in [-0.2, -0.15) is 13.2 Å². The predicted molar refractivity (Wildman–Crippen MR) is 106 cm³/mol. The summed E-state index contributed by atoms with van der Waals surface area (Å²) in [7, 11) is 0. The summed E-state index contributed by atoms with van der Waals surface area (Å²) in [4.78, 5) is 28.1. The van der Waals surface area contributed by atoms with Crippen molar-refractivity contribution in [2.75, 3.05) is 32.7 Å². The topological polar surface area (TPSA) is 52.7 Å².